The molecule has 0 aliphatic heterocycles. The molecule has 5 N–H and O–H groups in total. The van der Waals surface area contributed by atoms with Crippen LogP contribution in [-0.2, 0) is 47.7 Å². The Morgan fingerprint density at radius 1 is 0.675 bits per heavy atom. The topological polar surface area (TPSA) is 208 Å². The van der Waals surface area contributed by atoms with Crippen LogP contribution in [0.3, 0.4) is 0 Å². The van der Waals surface area contributed by atoms with Crippen LogP contribution in [0.25, 0.3) is 0 Å². The molecule has 0 aromatic rings. The van der Waals surface area contributed by atoms with E-state index >= 15 is 0 Å². The van der Waals surface area contributed by atoms with Crippen LogP contribution in [0.15, 0.2) is 0 Å². The van der Waals surface area contributed by atoms with Crippen molar-refractivity contribution in [3.63, 3.8) is 0 Å². The highest BCUT2D eigenvalue weighted by atomic mass is 16.5. The molecule has 0 saturated heterocycles. The zero-order chi connectivity index (χ0) is 29.8. The minimum absolute atomic E-state index is 0.0239. The molecule has 40 heavy (non-hydrogen) atoms. The monoisotopic (exact) mass is 576 g/mol. The second-order valence-electron chi connectivity index (χ2n) is 8.61. The molecule has 1 unspecified atom stereocenters. The third-order valence-corrected chi connectivity index (χ3v) is 5.10. The number of carboxylic acid groups (broad SMARTS) is 1. The average molecular weight is 577 g/mol. The van der Waals surface area contributed by atoms with Crippen molar-refractivity contribution in [3.8, 4) is 0 Å². The maximum atomic E-state index is 11.7. The van der Waals surface area contributed by atoms with Gasteiger partial charge in [-0.1, -0.05) is 6.42 Å². The number of Topliss-reactive ketones (excluding diaryl/α,β-unsaturated/α-hetero) is 1. The molecular formula is C25H44N4O11. The predicted octanol–water partition coefficient (Wildman–Crippen LogP) is -1.47. The van der Waals surface area contributed by atoms with Crippen LogP contribution < -0.4 is 21.3 Å². The fraction of sp³-hybridized carbons (Fsp3) is 0.760. The van der Waals surface area contributed by atoms with Gasteiger partial charge in [-0.15, -0.1) is 0 Å². The number of carbonyl (C=O) groups is 6. The van der Waals surface area contributed by atoms with Crippen molar-refractivity contribution in [1.82, 2.24) is 21.3 Å². The summed E-state index contributed by atoms with van der Waals surface area (Å²) < 4.78 is 21.0. The molecule has 0 rings (SSSR count). The first kappa shape index (κ1) is 36.9. The van der Waals surface area contributed by atoms with E-state index in [2.05, 4.69) is 21.3 Å². The fourth-order valence-electron chi connectivity index (χ4n) is 3.02. The van der Waals surface area contributed by atoms with E-state index in [4.69, 9.17) is 24.1 Å². The molecule has 0 spiro atoms. The molecule has 0 aliphatic carbocycles. The summed E-state index contributed by atoms with van der Waals surface area (Å²) in [6.45, 7) is 3.85. The van der Waals surface area contributed by atoms with Crippen molar-refractivity contribution in [2.45, 2.75) is 51.5 Å². The van der Waals surface area contributed by atoms with E-state index in [1.54, 1.807) is 6.92 Å². The first-order valence-electron chi connectivity index (χ1n) is 13.3. The number of carboxylic acids is 1. The third kappa shape index (κ3) is 25.2. The standard InChI is InChI=1S/C25H44N4O11/c1-20(31)5-3-2-4-8-26-23(33)17-39-15-14-38-12-10-28-24(34)18-40-16-13-37-11-9-27-22(32)7-6-21(25(35)36)29-19-30/h19,21H,2-18H2,1H3,(H,26,33)(H,27,32)(H,28,34)(H,29,30)(H,35,36). The van der Waals surface area contributed by atoms with Crippen LogP contribution in [0.5, 0.6) is 0 Å². The Balaban J connectivity index is 3.45. The fourth-order valence-corrected chi connectivity index (χ4v) is 3.02. The van der Waals surface area contributed by atoms with Crippen LogP contribution in [0, 0.1) is 0 Å². The number of rotatable bonds is 28. The lowest BCUT2D eigenvalue weighted by Gasteiger charge is -2.11. The summed E-state index contributed by atoms with van der Waals surface area (Å²) in [5.74, 6) is -1.91. The van der Waals surface area contributed by atoms with Gasteiger partial charge in [0.05, 0.1) is 39.6 Å². The van der Waals surface area contributed by atoms with Crippen molar-refractivity contribution >= 4 is 35.9 Å². The summed E-state index contributed by atoms with van der Waals surface area (Å²) in [5.41, 5.74) is 0. The Hall–Kier alpha value is -3.14. The molecule has 230 valence electrons. The number of ketones is 1. The Bertz CT molecular complexity index is 752. The minimum atomic E-state index is -1.21. The summed E-state index contributed by atoms with van der Waals surface area (Å²) in [5, 5.41) is 19.0. The molecule has 0 heterocycles. The lowest BCUT2D eigenvalue weighted by Crippen LogP contribution is -2.37. The van der Waals surface area contributed by atoms with Gasteiger partial charge >= 0.3 is 5.97 Å². The van der Waals surface area contributed by atoms with Crippen molar-refractivity contribution < 1.29 is 52.8 Å². The number of aliphatic carboxylic acids is 1. The Labute approximate surface area is 234 Å². The zero-order valence-electron chi connectivity index (χ0n) is 23.2. The number of ether oxygens (including phenoxy) is 4. The number of nitrogens with one attached hydrogen (secondary N) is 4. The number of unbranched alkanes of at least 4 members (excludes halogenated alkanes) is 2. The van der Waals surface area contributed by atoms with E-state index in [1.165, 1.54) is 0 Å². The Morgan fingerprint density at radius 2 is 1.20 bits per heavy atom. The SMILES string of the molecule is CC(=O)CCCCCNC(=O)COCCOCCNC(=O)COCCOCCNC(=O)CCC(NC=O)C(=O)O. The lowest BCUT2D eigenvalue weighted by molar-refractivity contribution is -0.141. The first-order valence-corrected chi connectivity index (χ1v) is 13.3. The molecule has 0 aromatic carbocycles. The van der Waals surface area contributed by atoms with Crippen molar-refractivity contribution in [3.05, 3.63) is 0 Å². The minimum Gasteiger partial charge on any atom is -0.480 e. The van der Waals surface area contributed by atoms with Crippen LogP contribution >= 0.6 is 0 Å². The van der Waals surface area contributed by atoms with Gasteiger partial charge < -0.3 is 50.1 Å². The molecule has 0 fully saturated rings. The molecular weight excluding hydrogens is 532 g/mol. The zero-order valence-corrected chi connectivity index (χ0v) is 23.2. The predicted molar refractivity (Wildman–Crippen MR) is 141 cm³/mol. The maximum Gasteiger partial charge on any atom is 0.326 e. The third-order valence-electron chi connectivity index (χ3n) is 5.10. The van der Waals surface area contributed by atoms with E-state index in [9.17, 15) is 28.8 Å². The number of hydrogen-bond acceptors (Lipinski definition) is 10. The Kier molecular flexibility index (Phi) is 24.1. The highest BCUT2D eigenvalue weighted by Gasteiger charge is 2.17. The summed E-state index contributed by atoms with van der Waals surface area (Å²) in [4.78, 5) is 67.1. The van der Waals surface area contributed by atoms with Crippen LogP contribution in [-0.4, -0.2) is 120 Å². The summed E-state index contributed by atoms with van der Waals surface area (Å²) in [6.07, 6.45) is 3.31. The van der Waals surface area contributed by atoms with E-state index in [-0.39, 0.29) is 102 Å². The van der Waals surface area contributed by atoms with Crippen molar-refractivity contribution in [1.29, 1.82) is 0 Å². The lowest BCUT2D eigenvalue weighted by atomic mass is 10.1. The van der Waals surface area contributed by atoms with Crippen molar-refractivity contribution in [2.24, 2.45) is 0 Å². The molecule has 0 radical (unpaired) electrons. The van der Waals surface area contributed by atoms with E-state index in [0.717, 1.165) is 19.3 Å². The molecule has 0 saturated carbocycles. The maximum absolute atomic E-state index is 11.7. The van der Waals surface area contributed by atoms with E-state index in [0.29, 0.717) is 19.5 Å². The normalized spacial score (nSPS) is 11.3. The molecule has 15 heteroatoms. The molecule has 0 aromatic heterocycles. The molecule has 1 atom stereocenters. The van der Waals surface area contributed by atoms with Gasteiger partial charge in [0.25, 0.3) is 0 Å². The smallest absolute Gasteiger partial charge is 0.326 e. The molecule has 4 amide bonds. The molecule has 0 bridgehead atoms. The van der Waals surface area contributed by atoms with Gasteiger partial charge in [0.1, 0.15) is 25.0 Å². The first-order chi connectivity index (χ1) is 19.3. The molecule has 15 nitrogen and oxygen atoms in total. The number of amides is 4. The summed E-state index contributed by atoms with van der Waals surface area (Å²) in [7, 11) is 0. The van der Waals surface area contributed by atoms with E-state index < -0.39 is 12.0 Å². The van der Waals surface area contributed by atoms with Gasteiger partial charge in [0.2, 0.25) is 24.1 Å². The van der Waals surface area contributed by atoms with Gasteiger partial charge in [0.15, 0.2) is 0 Å². The quantitative estimate of drug-likeness (QED) is 0.0536. The van der Waals surface area contributed by atoms with E-state index in [1.807, 2.05) is 0 Å². The highest BCUT2D eigenvalue weighted by Crippen LogP contribution is 1.99. The van der Waals surface area contributed by atoms with Gasteiger partial charge in [-0.25, -0.2) is 4.79 Å². The second kappa shape index (κ2) is 26.1. The average Bonchev–Trinajstić information content (AvgIpc) is 2.91. The van der Waals surface area contributed by atoms with Gasteiger partial charge in [0, 0.05) is 32.5 Å². The van der Waals surface area contributed by atoms with Crippen LogP contribution in [0.2, 0.25) is 0 Å². The number of hydrogen-bond donors (Lipinski definition) is 5. The largest absolute Gasteiger partial charge is 0.480 e. The van der Waals surface area contributed by atoms with Crippen LogP contribution in [0.4, 0.5) is 0 Å². The van der Waals surface area contributed by atoms with Crippen molar-refractivity contribution in [2.75, 3.05) is 72.5 Å². The van der Waals surface area contributed by atoms with Gasteiger partial charge in [-0.05, 0) is 26.2 Å². The summed E-state index contributed by atoms with van der Waals surface area (Å²) >= 11 is 0. The van der Waals surface area contributed by atoms with Gasteiger partial charge in [-0.2, -0.15) is 0 Å². The molecule has 0 aliphatic rings. The van der Waals surface area contributed by atoms with Gasteiger partial charge in [-0.3, -0.25) is 19.2 Å². The number of carbonyl (C=O) groups excluding carboxylic acids is 5. The van der Waals surface area contributed by atoms with Crippen LogP contribution in [0.1, 0.15) is 45.4 Å². The summed E-state index contributed by atoms with van der Waals surface area (Å²) in [6, 6.07) is -1.11. The highest BCUT2D eigenvalue weighted by molar-refractivity contribution is 5.79. The second-order valence-corrected chi connectivity index (χ2v) is 8.61. The Morgan fingerprint density at radius 3 is 1.73 bits per heavy atom.